The fourth-order valence-corrected chi connectivity index (χ4v) is 3.58. The van der Waals surface area contributed by atoms with Crippen molar-refractivity contribution in [3.05, 3.63) is 35.9 Å². The number of Topliss-reactive ketones (excluding diaryl/α,β-unsaturated/α-hetero) is 1. The molecule has 0 aromatic heterocycles. The van der Waals surface area contributed by atoms with Gasteiger partial charge >= 0.3 is 6.03 Å². The summed E-state index contributed by atoms with van der Waals surface area (Å²) in [4.78, 5) is 38.5. The molecule has 1 N–H and O–H groups in total. The van der Waals surface area contributed by atoms with E-state index < -0.39 is 11.6 Å². The summed E-state index contributed by atoms with van der Waals surface area (Å²) in [5.41, 5.74) is -0.188. The molecule has 5 heteroatoms. The maximum Gasteiger partial charge on any atom is 0.325 e. The third kappa shape index (κ3) is 1.95. The van der Waals surface area contributed by atoms with Gasteiger partial charge in [-0.1, -0.05) is 30.3 Å². The number of imide groups is 1. The van der Waals surface area contributed by atoms with Crippen LogP contribution in [0.15, 0.2) is 30.3 Å². The van der Waals surface area contributed by atoms with Crippen LogP contribution in [0.1, 0.15) is 36.0 Å². The standard InChI is InChI=1S/C17H18N2O3/c20-14(11-4-2-1-3-5-11)10-19-15(21)17(12-6-7-12,13-8-9-13)18-16(19)22/h1-5,12-13H,6-10H2,(H,18,22). The van der Waals surface area contributed by atoms with Gasteiger partial charge in [0.2, 0.25) is 0 Å². The lowest BCUT2D eigenvalue weighted by molar-refractivity contribution is -0.132. The Morgan fingerprint density at radius 1 is 1.09 bits per heavy atom. The number of hydrogen-bond acceptors (Lipinski definition) is 3. The third-order valence-electron chi connectivity index (χ3n) is 5.00. The largest absolute Gasteiger partial charge is 0.325 e. The van der Waals surface area contributed by atoms with Gasteiger partial charge in [0.05, 0.1) is 6.54 Å². The van der Waals surface area contributed by atoms with Crippen molar-refractivity contribution in [1.29, 1.82) is 0 Å². The quantitative estimate of drug-likeness (QED) is 0.667. The van der Waals surface area contributed by atoms with Crippen molar-refractivity contribution in [2.75, 3.05) is 6.54 Å². The van der Waals surface area contributed by atoms with E-state index in [0.29, 0.717) is 5.56 Å². The number of nitrogens with one attached hydrogen (secondary N) is 1. The molecular weight excluding hydrogens is 280 g/mol. The van der Waals surface area contributed by atoms with Crippen LogP contribution >= 0.6 is 0 Å². The summed E-state index contributed by atoms with van der Waals surface area (Å²) in [6.45, 7) is -0.171. The van der Waals surface area contributed by atoms with Crippen LogP contribution in [0.5, 0.6) is 0 Å². The van der Waals surface area contributed by atoms with Crippen LogP contribution in [0.3, 0.4) is 0 Å². The Labute approximate surface area is 128 Å². The Hall–Kier alpha value is -2.17. The molecule has 1 aromatic carbocycles. The molecule has 3 amide bonds. The number of benzene rings is 1. The Kier molecular flexibility index (Phi) is 2.86. The average molecular weight is 298 g/mol. The molecule has 4 rings (SSSR count). The minimum absolute atomic E-state index is 0.171. The lowest BCUT2D eigenvalue weighted by Gasteiger charge is -2.26. The Balaban J connectivity index is 1.56. The number of nitrogens with zero attached hydrogens (tertiary/aromatic N) is 1. The molecular formula is C17H18N2O3. The van der Waals surface area contributed by atoms with Gasteiger partial charge in [-0.3, -0.25) is 14.5 Å². The second kappa shape index (κ2) is 4.66. The summed E-state index contributed by atoms with van der Waals surface area (Å²) in [6, 6.07) is 8.38. The molecule has 1 aliphatic heterocycles. The molecule has 114 valence electrons. The van der Waals surface area contributed by atoms with E-state index in [0.717, 1.165) is 30.6 Å². The first-order valence-corrected chi connectivity index (χ1v) is 7.85. The zero-order valence-corrected chi connectivity index (χ0v) is 12.2. The molecule has 2 saturated carbocycles. The maximum atomic E-state index is 12.9. The molecule has 0 radical (unpaired) electrons. The van der Waals surface area contributed by atoms with Crippen LogP contribution < -0.4 is 5.32 Å². The lowest BCUT2D eigenvalue weighted by Crippen LogP contribution is -2.51. The normalized spacial score (nSPS) is 23.5. The molecule has 3 aliphatic rings. The summed E-state index contributed by atoms with van der Waals surface area (Å²) in [5.74, 6) is 0.125. The summed E-state index contributed by atoms with van der Waals surface area (Å²) < 4.78 is 0. The summed E-state index contributed by atoms with van der Waals surface area (Å²) in [7, 11) is 0. The van der Waals surface area contributed by atoms with Crippen LogP contribution in [-0.4, -0.2) is 34.7 Å². The van der Waals surface area contributed by atoms with Crippen LogP contribution in [0.4, 0.5) is 4.79 Å². The number of carbonyl (C=O) groups is 3. The van der Waals surface area contributed by atoms with Crippen LogP contribution in [-0.2, 0) is 4.79 Å². The maximum absolute atomic E-state index is 12.9. The zero-order chi connectivity index (χ0) is 15.3. The van der Waals surface area contributed by atoms with Crippen molar-refractivity contribution in [1.82, 2.24) is 10.2 Å². The molecule has 0 unspecified atom stereocenters. The van der Waals surface area contributed by atoms with E-state index in [1.54, 1.807) is 24.3 Å². The molecule has 1 heterocycles. The molecule has 22 heavy (non-hydrogen) atoms. The van der Waals surface area contributed by atoms with Gasteiger partial charge in [-0.2, -0.15) is 0 Å². The number of rotatable bonds is 5. The number of amides is 3. The zero-order valence-electron chi connectivity index (χ0n) is 12.2. The van der Waals surface area contributed by atoms with E-state index in [4.69, 9.17) is 0 Å². The highest BCUT2D eigenvalue weighted by Crippen LogP contribution is 2.54. The van der Waals surface area contributed by atoms with Gasteiger partial charge in [0.25, 0.3) is 5.91 Å². The van der Waals surface area contributed by atoms with Gasteiger partial charge in [0, 0.05) is 5.56 Å². The van der Waals surface area contributed by atoms with Gasteiger partial charge in [-0.25, -0.2) is 4.79 Å². The molecule has 0 spiro atoms. The monoisotopic (exact) mass is 298 g/mol. The molecule has 0 atom stereocenters. The van der Waals surface area contributed by atoms with E-state index in [1.807, 2.05) is 6.07 Å². The first kappa shape index (κ1) is 13.5. The molecule has 5 nitrogen and oxygen atoms in total. The number of urea groups is 1. The highest BCUT2D eigenvalue weighted by atomic mass is 16.2. The van der Waals surface area contributed by atoms with Crippen molar-refractivity contribution < 1.29 is 14.4 Å². The highest BCUT2D eigenvalue weighted by molar-refractivity contribution is 6.11. The van der Waals surface area contributed by atoms with Gasteiger partial charge in [0.1, 0.15) is 5.54 Å². The van der Waals surface area contributed by atoms with Crippen molar-refractivity contribution in [2.45, 2.75) is 31.2 Å². The average Bonchev–Trinajstić information content (AvgIpc) is 3.41. The minimum Gasteiger partial charge on any atom is -0.323 e. The topological polar surface area (TPSA) is 66.5 Å². The SMILES string of the molecule is O=C(CN1C(=O)NC(C2CC2)(C2CC2)C1=O)c1ccccc1. The third-order valence-corrected chi connectivity index (χ3v) is 5.00. The summed E-state index contributed by atoms with van der Waals surface area (Å²) in [5, 5.41) is 2.93. The minimum atomic E-state index is -0.714. The first-order valence-electron chi connectivity index (χ1n) is 7.85. The molecule has 0 bridgehead atoms. The van der Waals surface area contributed by atoms with E-state index in [9.17, 15) is 14.4 Å². The van der Waals surface area contributed by atoms with Crippen molar-refractivity contribution in [3.8, 4) is 0 Å². The lowest BCUT2D eigenvalue weighted by atomic mass is 9.87. The van der Waals surface area contributed by atoms with Crippen LogP contribution in [0.25, 0.3) is 0 Å². The Bertz CT molecular complexity index is 635. The molecule has 1 aromatic rings. The van der Waals surface area contributed by atoms with Crippen molar-refractivity contribution >= 4 is 17.7 Å². The van der Waals surface area contributed by atoms with E-state index >= 15 is 0 Å². The molecule has 1 saturated heterocycles. The molecule has 3 fully saturated rings. The first-order chi connectivity index (χ1) is 10.6. The van der Waals surface area contributed by atoms with Crippen LogP contribution in [0.2, 0.25) is 0 Å². The summed E-state index contributed by atoms with van der Waals surface area (Å²) >= 11 is 0. The molecule has 2 aliphatic carbocycles. The van der Waals surface area contributed by atoms with E-state index in [2.05, 4.69) is 5.32 Å². The predicted molar refractivity (Wildman–Crippen MR) is 79.2 cm³/mol. The Morgan fingerprint density at radius 3 is 2.23 bits per heavy atom. The van der Waals surface area contributed by atoms with E-state index in [-0.39, 0.29) is 30.1 Å². The fraction of sp³-hybridized carbons (Fsp3) is 0.471. The highest BCUT2D eigenvalue weighted by Gasteiger charge is 2.65. The summed E-state index contributed by atoms with van der Waals surface area (Å²) in [6.07, 6.45) is 3.96. The van der Waals surface area contributed by atoms with E-state index in [1.165, 1.54) is 0 Å². The predicted octanol–water partition coefficient (Wildman–Crippen LogP) is 1.98. The smallest absolute Gasteiger partial charge is 0.323 e. The fourth-order valence-electron chi connectivity index (χ4n) is 3.58. The Morgan fingerprint density at radius 2 is 1.68 bits per heavy atom. The second-order valence-electron chi connectivity index (χ2n) is 6.53. The number of carbonyl (C=O) groups excluding carboxylic acids is 3. The van der Waals surface area contributed by atoms with Gasteiger partial charge < -0.3 is 5.32 Å². The van der Waals surface area contributed by atoms with Gasteiger partial charge in [-0.15, -0.1) is 0 Å². The van der Waals surface area contributed by atoms with Crippen molar-refractivity contribution in [2.24, 2.45) is 11.8 Å². The van der Waals surface area contributed by atoms with Crippen molar-refractivity contribution in [3.63, 3.8) is 0 Å². The number of ketones is 1. The van der Waals surface area contributed by atoms with Gasteiger partial charge in [-0.05, 0) is 37.5 Å². The van der Waals surface area contributed by atoms with Gasteiger partial charge in [0.15, 0.2) is 5.78 Å². The number of hydrogen-bond donors (Lipinski definition) is 1. The van der Waals surface area contributed by atoms with Crippen LogP contribution in [0, 0.1) is 11.8 Å². The second-order valence-corrected chi connectivity index (χ2v) is 6.53.